The zero-order valence-corrected chi connectivity index (χ0v) is 17.8. The first-order valence-corrected chi connectivity index (χ1v) is 10.9. The number of amides is 2. The van der Waals surface area contributed by atoms with Crippen LogP contribution in [-0.4, -0.2) is 22.8 Å². The van der Waals surface area contributed by atoms with Crippen molar-refractivity contribution in [3.63, 3.8) is 0 Å². The molecule has 6 nitrogen and oxygen atoms in total. The van der Waals surface area contributed by atoms with Crippen LogP contribution in [0.25, 0.3) is 0 Å². The fraction of sp³-hybridized carbons (Fsp3) is 0.360. The fourth-order valence-electron chi connectivity index (χ4n) is 4.15. The number of aryl methyl sites for hydroxylation is 1. The molecule has 1 aliphatic rings. The summed E-state index contributed by atoms with van der Waals surface area (Å²) in [5.74, 6) is 0.259. The Labute approximate surface area is 182 Å². The Hall–Kier alpha value is -3.28. The van der Waals surface area contributed by atoms with Crippen molar-refractivity contribution >= 4 is 11.8 Å². The highest BCUT2D eigenvalue weighted by Gasteiger charge is 2.35. The van der Waals surface area contributed by atoms with Gasteiger partial charge in [0.2, 0.25) is 5.91 Å². The molecule has 0 aliphatic heterocycles. The molecule has 4 rings (SSSR count). The van der Waals surface area contributed by atoms with E-state index in [9.17, 15) is 9.59 Å². The monoisotopic (exact) mass is 420 g/mol. The summed E-state index contributed by atoms with van der Waals surface area (Å²) in [6.45, 7) is 2.24. The van der Waals surface area contributed by atoms with Gasteiger partial charge in [-0.1, -0.05) is 44.0 Å². The van der Waals surface area contributed by atoms with Crippen LogP contribution in [0.15, 0.2) is 69.9 Å². The molecule has 6 heteroatoms. The van der Waals surface area contributed by atoms with E-state index >= 15 is 0 Å². The second-order valence-corrected chi connectivity index (χ2v) is 7.98. The Morgan fingerprint density at radius 3 is 2.35 bits per heavy atom. The van der Waals surface area contributed by atoms with E-state index in [1.807, 2.05) is 24.3 Å². The second kappa shape index (κ2) is 9.69. The van der Waals surface area contributed by atoms with Crippen LogP contribution < -0.4 is 5.32 Å². The zero-order chi connectivity index (χ0) is 21.6. The lowest BCUT2D eigenvalue weighted by atomic mass is 10.0. The third-order valence-corrected chi connectivity index (χ3v) is 5.86. The summed E-state index contributed by atoms with van der Waals surface area (Å²) in [4.78, 5) is 28.5. The van der Waals surface area contributed by atoms with Crippen LogP contribution in [0.1, 0.15) is 66.1 Å². The highest BCUT2D eigenvalue weighted by atomic mass is 16.3. The molecule has 162 valence electrons. The molecule has 1 atom stereocenters. The number of carbonyl (C=O) groups excluding carboxylic acids is 2. The summed E-state index contributed by atoms with van der Waals surface area (Å²) in [7, 11) is 0. The largest absolute Gasteiger partial charge is 0.467 e. The highest BCUT2D eigenvalue weighted by Crippen LogP contribution is 2.28. The molecule has 1 aromatic carbocycles. The van der Waals surface area contributed by atoms with Gasteiger partial charge in [0.05, 0.1) is 19.1 Å². The Morgan fingerprint density at radius 1 is 1.03 bits per heavy atom. The minimum absolute atomic E-state index is 0.147. The van der Waals surface area contributed by atoms with Crippen LogP contribution in [0.5, 0.6) is 0 Å². The van der Waals surface area contributed by atoms with Crippen LogP contribution in [0.2, 0.25) is 0 Å². The topological polar surface area (TPSA) is 75.7 Å². The SMILES string of the molecule is CCc1ccc([C@H](C(=O)NC2CCCC2)N(Cc2ccco2)C(=O)c2ccco2)cc1. The predicted octanol–water partition coefficient (Wildman–Crippen LogP) is 4.88. The quantitative estimate of drug-likeness (QED) is 0.564. The van der Waals surface area contributed by atoms with Crippen LogP contribution in [0.4, 0.5) is 0 Å². The minimum atomic E-state index is -0.797. The van der Waals surface area contributed by atoms with Crippen LogP contribution in [0, 0.1) is 0 Å². The number of nitrogens with one attached hydrogen (secondary N) is 1. The first-order valence-electron chi connectivity index (χ1n) is 10.9. The molecular weight excluding hydrogens is 392 g/mol. The van der Waals surface area contributed by atoms with Crippen molar-refractivity contribution in [2.75, 3.05) is 0 Å². The van der Waals surface area contributed by atoms with E-state index < -0.39 is 6.04 Å². The number of hydrogen-bond acceptors (Lipinski definition) is 4. The van der Waals surface area contributed by atoms with E-state index in [0.717, 1.165) is 37.7 Å². The molecular formula is C25H28N2O4. The first-order chi connectivity index (χ1) is 15.2. The van der Waals surface area contributed by atoms with Crippen molar-refractivity contribution in [3.8, 4) is 0 Å². The van der Waals surface area contributed by atoms with Gasteiger partial charge in [-0.2, -0.15) is 0 Å². The summed E-state index contributed by atoms with van der Waals surface area (Å²) in [5.41, 5.74) is 1.94. The van der Waals surface area contributed by atoms with Gasteiger partial charge < -0.3 is 19.1 Å². The summed E-state index contributed by atoms with van der Waals surface area (Å²) < 4.78 is 10.9. The first kappa shape index (κ1) is 21.0. The van der Waals surface area contributed by atoms with E-state index in [1.165, 1.54) is 16.7 Å². The summed E-state index contributed by atoms with van der Waals surface area (Å²) in [6, 6.07) is 14.1. The van der Waals surface area contributed by atoms with E-state index in [-0.39, 0.29) is 30.2 Å². The molecule has 2 aromatic heterocycles. The Morgan fingerprint density at radius 2 is 1.74 bits per heavy atom. The molecule has 0 bridgehead atoms. The molecule has 1 saturated carbocycles. The van der Waals surface area contributed by atoms with E-state index in [1.54, 1.807) is 30.5 Å². The maximum Gasteiger partial charge on any atom is 0.290 e. The zero-order valence-electron chi connectivity index (χ0n) is 17.8. The number of hydrogen-bond donors (Lipinski definition) is 1. The average molecular weight is 421 g/mol. The van der Waals surface area contributed by atoms with Gasteiger partial charge in [0.1, 0.15) is 11.8 Å². The summed E-state index contributed by atoms with van der Waals surface area (Å²) >= 11 is 0. The van der Waals surface area contributed by atoms with Gasteiger partial charge in [-0.05, 0) is 54.7 Å². The number of rotatable bonds is 8. The van der Waals surface area contributed by atoms with E-state index in [4.69, 9.17) is 8.83 Å². The minimum Gasteiger partial charge on any atom is -0.467 e. The van der Waals surface area contributed by atoms with Crippen molar-refractivity contribution in [3.05, 3.63) is 83.7 Å². The van der Waals surface area contributed by atoms with Crippen LogP contribution in [-0.2, 0) is 17.8 Å². The van der Waals surface area contributed by atoms with Crippen molar-refractivity contribution < 1.29 is 18.4 Å². The second-order valence-electron chi connectivity index (χ2n) is 7.98. The molecule has 0 saturated heterocycles. The van der Waals surface area contributed by atoms with E-state index in [2.05, 4.69) is 12.2 Å². The molecule has 0 spiro atoms. The smallest absolute Gasteiger partial charge is 0.290 e. The third kappa shape index (κ3) is 4.90. The van der Waals surface area contributed by atoms with Gasteiger partial charge in [-0.3, -0.25) is 9.59 Å². The third-order valence-electron chi connectivity index (χ3n) is 5.86. The Bertz CT molecular complexity index is 971. The van der Waals surface area contributed by atoms with Crippen LogP contribution in [0.3, 0.4) is 0 Å². The lowest BCUT2D eigenvalue weighted by Crippen LogP contribution is -2.45. The van der Waals surface area contributed by atoms with Gasteiger partial charge in [0.15, 0.2) is 5.76 Å². The molecule has 1 N–H and O–H groups in total. The van der Waals surface area contributed by atoms with Crippen molar-refractivity contribution in [1.82, 2.24) is 10.2 Å². The molecule has 2 amide bonds. The fourth-order valence-corrected chi connectivity index (χ4v) is 4.15. The molecule has 1 fully saturated rings. The Balaban J connectivity index is 1.71. The van der Waals surface area contributed by atoms with Crippen molar-refractivity contribution in [2.45, 2.75) is 57.7 Å². The normalized spacial score (nSPS) is 15.0. The van der Waals surface area contributed by atoms with Gasteiger partial charge in [0.25, 0.3) is 5.91 Å². The lowest BCUT2D eigenvalue weighted by molar-refractivity contribution is -0.126. The maximum absolute atomic E-state index is 13.5. The van der Waals surface area contributed by atoms with Crippen molar-refractivity contribution in [1.29, 1.82) is 0 Å². The summed E-state index contributed by atoms with van der Waals surface area (Å²) in [5, 5.41) is 3.17. The molecule has 1 aliphatic carbocycles. The van der Waals surface area contributed by atoms with Gasteiger partial charge in [-0.15, -0.1) is 0 Å². The Kier molecular flexibility index (Phi) is 6.55. The van der Waals surface area contributed by atoms with Gasteiger partial charge in [-0.25, -0.2) is 0 Å². The average Bonchev–Trinajstić information content (AvgIpc) is 3.57. The van der Waals surface area contributed by atoms with E-state index in [0.29, 0.717) is 5.76 Å². The number of furan rings is 2. The molecule has 31 heavy (non-hydrogen) atoms. The molecule has 2 heterocycles. The standard InChI is InChI=1S/C25H28N2O4/c1-2-18-11-13-19(14-12-18)23(24(28)26-20-7-3-4-8-20)27(17-21-9-5-15-30-21)25(29)22-10-6-16-31-22/h5-6,9-16,20,23H,2-4,7-8,17H2,1H3,(H,26,28)/t23-/m1/s1. The van der Waals surface area contributed by atoms with Gasteiger partial charge in [0, 0.05) is 6.04 Å². The molecule has 0 radical (unpaired) electrons. The van der Waals surface area contributed by atoms with Crippen molar-refractivity contribution in [2.24, 2.45) is 0 Å². The highest BCUT2D eigenvalue weighted by molar-refractivity contribution is 5.96. The summed E-state index contributed by atoms with van der Waals surface area (Å²) in [6.07, 6.45) is 8.09. The number of benzene rings is 1. The number of nitrogens with zero attached hydrogens (tertiary/aromatic N) is 1. The molecule has 3 aromatic rings. The maximum atomic E-state index is 13.5. The predicted molar refractivity (Wildman–Crippen MR) is 116 cm³/mol. The van der Waals surface area contributed by atoms with Gasteiger partial charge >= 0.3 is 0 Å². The number of carbonyl (C=O) groups is 2. The lowest BCUT2D eigenvalue weighted by Gasteiger charge is -2.31. The van der Waals surface area contributed by atoms with Crippen LogP contribution >= 0.6 is 0 Å². The molecule has 0 unspecified atom stereocenters.